The molecule has 0 aromatic heterocycles. The molecule has 0 spiro atoms. The second-order valence-corrected chi connectivity index (χ2v) is 3.08. The molecule has 0 radical (unpaired) electrons. The van der Waals surface area contributed by atoms with Gasteiger partial charge in [0, 0.05) is 0 Å². The molecule has 0 heterocycles. The fourth-order valence-corrected chi connectivity index (χ4v) is 1.23. The molecule has 1 aromatic rings. The van der Waals surface area contributed by atoms with Crippen LogP contribution in [0.15, 0.2) is 24.3 Å². The Morgan fingerprint density at radius 1 is 1.25 bits per heavy atom. The second-order valence-electron chi connectivity index (χ2n) is 3.08. The van der Waals surface area contributed by atoms with Crippen LogP contribution in [0.3, 0.4) is 0 Å². The first-order valence-electron chi connectivity index (χ1n) is 4.57. The predicted octanol–water partition coefficient (Wildman–Crippen LogP) is 2.11. The summed E-state index contributed by atoms with van der Waals surface area (Å²) in [4.78, 5) is 0. The molecule has 0 aliphatic heterocycles. The van der Waals surface area contributed by atoms with Gasteiger partial charge in [0.15, 0.2) is 7.28 Å². The minimum Gasteiger partial charge on any atom is -0.207 e. The molecule has 0 bridgehead atoms. The molecule has 12 heavy (non-hydrogen) atoms. The molecule has 64 valence electrons. The van der Waals surface area contributed by atoms with E-state index in [2.05, 4.69) is 6.92 Å². The molecule has 0 amide bonds. The monoisotopic (exact) mass is 164 g/mol. The molecular weight excluding hydrogens is 150 g/mol. The number of hydrogen-bond acceptors (Lipinski definition) is 0. The van der Waals surface area contributed by atoms with Crippen LogP contribution in [0.5, 0.6) is 0 Å². The molecular formula is C10H14BF. The summed E-state index contributed by atoms with van der Waals surface area (Å²) in [6.07, 6.45) is 3.71. The van der Waals surface area contributed by atoms with Crippen LogP contribution in [-0.2, 0) is 0 Å². The maximum absolute atomic E-state index is 12.5. The van der Waals surface area contributed by atoms with Crippen molar-refractivity contribution in [2.75, 3.05) is 0 Å². The van der Waals surface area contributed by atoms with E-state index in [4.69, 9.17) is 0 Å². The van der Waals surface area contributed by atoms with Gasteiger partial charge in [-0.1, -0.05) is 43.7 Å². The van der Waals surface area contributed by atoms with Gasteiger partial charge < -0.3 is 0 Å². The number of rotatable bonds is 4. The number of unbranched alkanes of at least 4 members (excludes halogenated alkanes) is 1. The Morgan fingerprint density at radius 2 is 1.92 bits per heavy atom. The normalized spacial score (nSPS) is 9.83. The van der Waals surface area contributed by atoms with Crippen molar-refractivity contribution in [2.24, 2.45) is 0 Å². The fraction of sp³-hybridized carbons (Fsp3) is 0.400. The Bertz CT molecular complexity index is 218. The third kappa shape index (κ3) is 3.08. The van der Waals surface area contributed by atoms with Crippen molar-refractivity contribution in [2.45, 2.75) is 26.1 Å². The standard InChI is InChI=1S/C10H14BF/c1-2-3-8-11-9-4-6-10(12)7-5-9/h4-7,11H,2-3,8H2,1H3. The Morgan fingerprint density at radius 3 is 2.50 bits per heavy atom. The van der Waals surface area contributed by atoms with E-state index in [1.165, 1.54) is 36.8 Å². The van der Waals surface area contributed by atoms with Crippen molar-refractivity contribution in [1.82, 2.24) is 0 Å². The average molecular weight is 164 g/mol. The zero-order valence-electron chi connectivity index (χ0n) is 7.52. The second kappa shape index (κ2) is 4.97. The van der Waals surface area contributed by atoms with Gasteiger partial charge in [0.1, 0.15) is 5.82 Å². The predicted molar refractivity (Wildman–Crippen MR) is 52.9 cm³/mol. The van der Waals surface area contributed by atoms with Crippen LogP contribution in [0.25, 0.3) is 0 Å². The molecule has 0 saturated heterocycles. The van der Waals surface area contributed by atoms with Crippen molar-refractivity contribution < 1.29 is 4.39 Å². The first-order chi connectivity index (χ1) is 5.83. The summed E-state index contributed by atoms with van der Waals surface area (Å²) in [5.74, 6) is -0.144. The summed E-state index contributed by atoms with van der Waals surface area (Å²) >= 11 is 0. The van der Waals surface area contributed by atoms with E-state index in [1.807, 2.05) is 12.1 Å². The van der Waals surface area contributed by atoms with Crippen molar-refractivity contribution in [1.29, 1.82) is 0 Å². The third-order valence-corrected chi connectivity index (χ3v) is 1.98. The smallest absolute Gasteiger partial charge is 0.157 e. The molecule has 0 saturated carbocycles. The topological polar surface area (TPSA) is 0 Å². The zero-order chi connectivity index (χ0) is 8.81. The van der Waals surface area contributed by atoms with E-state index in [-0.39, 0.29) is 5.82 Å². The largest absolute Gasteiger partial charge is 0.207 e. The first-order valence-corrected chi connectivity index (χ1v) is 4.57. The highest BCUT2D eigenvalue weighted by Crippen LogP contribution is 1.96. The van der Waals surface area contributed by atoms with Crippen LogP contribution < -0.4 is 5.46 Å². The van der Waals surface area contributed by atoms with Crippen LogP contribution in [0, 0.1) is 5.82 Å². The highest BCUT2D eigenvalue weighted by molar-refractivity contribution is 6.53. The van der Waals surface area contributed by atoms with E-state index >= 15 is 0 Å². The summed E-state index contributed by atoms with van der Waals surface area (Å²) < 4.78 is 12.5. The van der Waals surface area contributed by atoms with Gasteiger partial charge in [0.25, 0.3) is 0 Å². The number of halogens is 1. The van der Waals surface area contributed by atoms with Gasteiger partial charge in [-0.3, -0.25) is 0 Å². The lowest BCUT2D eigenvalue weighted by molar-refractivity contribution is 0.628. The molecule has 0 fully saturated rings. The van der Waals surface area contributed by atoms with Crippen LogP contribution in [0.4, 0.5) is 4.39 Å². The lowest BCUT2D eigenvalue weighted by Crippen LogP contribution is -2.12. The minimum absolute atomic E-state index is 0.144. The van der Waals surface area contributed by atoms with Gasteiger partial charge >= 0.3 is 0 Å². The number of benzene rings is 1. The molecule has 1 aromatic carbocycles. The highest BCUT2D eigenvalue weighted by atomic mass is 19.1. The van der Waals surface area contributed by atoms with Gasteiger partial charge in [-0.15, -0.1) is 0 Å². The van der Waals surface area contributed by atoms with Crippen LogP contribution >= 0.6 is 0 Å². The summed E-state index contributed by atoms with van der Waals surface area (Å²) in [5.41, 5.74) is 1.24. The summed E-state index contributed by atoms with van der Waals surface area (Å²) in [7, 11) is 1.08. The maximum Gasteiger partial charge on any atom is 0.157 e. The van der Waals surface area contributed by atoms with Crippen molar-refractivity contribution in [3.8, 4) is 0 Å². The Kier molecular flexibility index (Phi) is 3.85. The van der Waals surface area contributed by atoms with Crippen LogP contribution in [-0.4, -0.2) is 7.28 Å². The Balaban J connectivity index is 2.37. The van der Waals surface area contributed by atoms with E-state index in [0.29, 0.717) is 0 Å². The quantitative estimate of drug-likeness (QED) is 0.472. The van der Waals surface area contributed by atoms with Crippen molar-refractivity contribution in [3.05, 3.63) is 30.1 Å². The Labute approximate surface area is 74.0 Å². The van der Waals surface area contributed by atoms with Crippen molar-refractivity contribution in [3.63, 3.8) is 0 Å². The highest BCUT2D eigenvalue weighted by Gasteiger charge is 1.95. The van der Waals surface area contributed by atoms with Gasteiger partial charge in [-0.25, -0.2) is 4.39 Å². The van der Waals surface area contributed by atoms with Crippen LogP contribution in [0.1, 0.15) is 19.8 Å². The zero-order valence-corrected chi connectivity index (χ0v) is 7.52. The first kappa shape index (κ1) is 9.30. The van der Waals surface area contributed by atoms with Gasteiger partial charge in [0.05, 0.1) is 0 Å². The molecule has 1 rings (SSSR count). The molecule has 0 aliphatic rings. The third-order valence-electron chi connectivity index (χ3n) is 1.98. The van der Waals surface area contributed by atoms with Gasteiger partial charge in [0.2, 0.25) is 0 Å². The Hall–Kier alpha value is -0.785. The lowest BCUT2D eigenvalue weighted by atomic mass is 9.66. The molecule has 0 N–H and O–H groups in total. The number of hydrogen-bond donors (Lipinski definition) is 0. The minimum atomic E-state index is -0.144. The maximum atomic E-state index is 12.5. The summed E-state index contributed by atoms with van der Waals surface area (Å²) in [6.45, 7) is 2.19. The lowest BCUT2D eigenvalue weighted by Gasteiger charge is -1.97. The molecule has 0 aliphatic carbocycles. The molecule has 2 heteroatoms. The molecule has 0 atom stereocenters. The summed E-state index contributed by atoms with van der Waals surface area (Å²) in [5, 5.41) is 0. The van der Waals surface area contributed by atoms with E-state index in [9.17, 15) is 4.39 Å². The molecule has 0 nitrogen and oxygen atoms in total. The van der Waals surface area contributed by atoms with Crippen molar-refractivity contribution >= 4 is 12.7 Å². The fourth-order valence-electron chi connectivity index (χ4n) is 1.23. The summed E-state index contributed by atoms with van der Waals surface area (Å²) in [6, 6.07) is 6.79. The van der Waals surface area contributed by atoms with Gasteiger partial charge in [-0.05, 0) is 12.1 Å². The average Bonchev–Trinajstić information content (AvgIpc) is 2.09. The van der Waals surface area contributed by atoms with E-state index in [0.717, 1.165) is 7.28 Å². The van der Waals surface area contributed by atoms with E-state index < -0.39 is 0 Å². The van der Waals surface area contributed by atoms with Gasteiger partial charge in [-0.2, -0.15) is 0 Å². The van der Waals surface area contributed by atoms with Crippen LogP contribution in [0.2, 0.25) is 6.32 Å². The SMILES string of the molecule is CCCCBc1ccc(F)cc1. The van der Waals surface area contributed by atoms with E-state index in [1.54, 1.807) is 0 Å². The molecule has 0 unspecified atom stereocenters.